The number of aromatic nitrogens is 2. The van der Waals surface area contributed by atoms with Crippen molar-refractivity contribution in [2.75, 3.05) is 0 Å². The van der Waals surface area contributed by atoms with Gasteiger partial charge in [-0.2, -0.15) is 5.10 Å². The second kappa shape index (κ2) is 3.82. The van der Waals surface area contributed by atoms with E-state index in [-0.39, 0.29) is 6.17 Å². The zero-order valence-corrected chi connectivity index (χ0v) is 8.15. The highest BCUT2D eigenvalue weighted by Gasteiger charge is 2.07. The van der Waals surface area contributed by atoms with Gasteiger partial charge >= 0.3 is 0 Å². The first-order valence-corrected chi connectivity index (χ1v) is 4.57. The van der Waals surface area contributed by atoms with Crippen molar-refractivity contribution >= 4 is 11.6 Å². The summed E-state index contributed by atoms with van der Waals surface area (Å²) in [5.41, 5.74) is 6.87. The van der Waals surface area contributed by atoms with Crippen LogP contribution in [-0.4, -0.2) is 9.78 Å². The molecule has 0 aliphatic rings. The Morgan fingerprint density at radius 3 is 3.07 bits per heavy atom. The van der Waals surface area contributed by atoms with Crippen LogP contribution in [0.15, 0.2) is 36.7 Å². The lowest BCUT2D eigenvalue weighted by Crippen LogP contribution is -2.20. The summed E-state index contributed by atoms with van der Waals surface area (Å²) in [4.78, 5) is 0. The van der Waals surface area contributed by atoms with E-state index in [0.29, 0.717) is 5.02 Å². The second-order valence-electron chi connectivity index (χ2n) is 2.90. The normalized spacial score (nSPS) is 12.7. The molecule has 0 saturated carbocycles. The zero-order valence-electron chi connectivity index (χ0n) is 7.39. The summed E-state index contributed by atoms with van der Waals surface area (Å²) in [7, 11) is 0. The van der Waals surface area contributed by atoms with Crippen LogP contribution in [0.1, 0.15) is 11.7 Å². The summed E-state index contributed by atoms with van der Waals surface area (Å²) < 4.78 is 1.67. The third kappa shape index (κ3) is 1.78. The largest absolute Gasteiger partial charge is 0.306 e. The average Bonchev–Trinajstić information content (AvgIpc) is 2.69. The maximum absolute atomic E-state index is 5.96. The Balaban J connectivity index is 2.32. The van der Waals surface area contributed by atoms with E-state index in [2.05, 4.69) is 11.2 Å². The molecule has 0 aliphatic heterocycles. The Labute approximate surface area is 87.1 Å². The van der Waals surface area contributed by atoms with Gasteiger partial charge in [0.25, 0.3) is 0 Å². The molecule has 0 saturated heterocycles. The highest BCUT2D eigenvalue weighted by atomic mass is 35.5. The summed E-state index contributed by atoms with van der Waals surface area (Å²) in [5.74, 6) is 0. The van der Waals surface area contributed by atoms with E-state index in [4.69, 9.17) is 17.3 Å². The highest BCUT2D eigenvalue weighted by Crippen LogP contribution is 2.16. The van der Waals surface area contributed by atoms with Crippen LogP contribution in [0.25, 0.3) is 0 Å². The minimum atomic E-state index is -0.294. The number of nitrogens with two attached hydrogens (primary N) is 1. The van der Waals surface area contributed by atoms with Crippen LogP contribution >= 0.6 is 11.6 Å². The molecule has 71 valence electrons. The molecular weight excluding hydrogens is 198 g/mol. The van der Waals surface area contributed by atoms with Crippen molar-refractivity contribution in [2.24, 2.45) is 5.73 Å². The Kier molecular flexibility index (Phi) is 2.52. The number of hydrogen-bond acceptors (Lipinski definition) is 2. The molecule has 1 aromatic heterocycles. The van der Waals surface area contributed by atoms with Gasteiger partial charge in [0.15, 0.2) is 0 Å². The quantitative estimate of drug-likeness (QED) is 0.815. The maximum Gasteiger partial charge on any atom is 0.125 e. The van der Waals surface area contributed by atoms with Crippen molar-refractivity contribution < 1.29 is 0 Å². The van der Waals surface area contributed by atoms with Crippen LogP contribution in [0.3, 0.4) is 0 Å². The summed E-state index contributed by atoms with van der Waals surface area (Å²) in [5, 5.41) is 4.62. The molecule has 14 heavy (non-hydrogen) atoms. The Morgan fingerprint density at radius 2 is 2.43 bits per heavy atom. The minimum absolute atomic E-state index is 0.294. The zero-order chi connectivity index (χ0) is 9.97. The monoisotopic (exact) mass is 206 g/mol. The molecule has 1 unspecified atom stereocenters. The van der Waals surface area contributed by atoms with Crippen molar-refractivity contribution in [3.05, 3.63) is 53.3 Å². The predicted molar refractivity (Wildman–Crippen MR) is 54.8 cm³/mol. The first kappa shape index (κ1) is 9.24. The molecule has 0 fully saturated rings. The van der Waals surface area contributed by atoms with Crippen molar-refractivity contribution in [3.8, 4) is 0 Å². The number of halogens is 1. The fourth-order valence-corrected chi connectivity index (χ4v) is 1.42. The van der Waals surface area contributed by atoms with Crippen molar-refractivity contribution in [3.63, 3.8) is 0 Å². The first-order valence-electron chi connectivity index (χ1n) is 4.19. The van der Waals surface area contributed by atoms with Crippen molar-refractivity contribution in [1.82, 2.24) is 9.78 Å². The smallest absolute Gasteiger partial charge is 0.125 e. The van der Waals surface area contributed by atoms with Crippen LogP contribution < -0.4 is 5.73 Å². The van der Waals surface area contributed by atoms with Gasteiger partial charge < -0.3 is 5.73 Å². The average molecular weight is 207 g/mol. The fourth-order valence-electron chi connectivity index (χ4n) is 1.24. The minimum Gasteiger partial charge on any atom is -0.306 e. The Morgan fingerprint density at radius 1 is 1.57 bits per heavy atom. The van der Waals surface area contributed by atoms with Gasteiger partial charge in [0.05, 0.1) is 0 Å². The lowest BCUT2D eigenvalue weighted by Gasteiger charge is -2.12. The lowest BCUT2D eigenvalue weighted by molar-refractivity contribution is 0.542. The SMILES string of the molecule is NC(c1cc[c]c(Cl)c1)n1cccn1. The summed E-state index contributed by atoms with van der Waals surface area (Å²) in [6, 6.07) is 10.1. The van der Waals surface area contributed by atoms with Gasteiger partial charge in [0.2, 0.25) is 0 Å². The lowest BCUT2D eigenvalue weighted by atomic mass is 10.2. The van der Waals surface area contributed by atoms with Crippen LogP contribution in [0, 0.1) is 6.07 Å². The molecule has 1 radical (unpaired) electrons. The van der Waals surface area contributed by atoms with Crippen molar-refractivity contribution in [2.45, 2.75) is 6.17 Å². The number of nitrogens with zero attached hydrogens (tertiary/aromatic N) is 2. The van der Waals surface area contributed by atoms with E-state index in [1.807, 2.05) is 18.3 Å². The molecule has 2 aromatic rings. The molecule has 2 rings (SSSR count). The topological polar surface area (TPSA) is 43.8 Å². The van der Waals surface area contributed by atoms with Crippen molar-refractivity contribution in [1.29, 1.82) is 0 Å². The van der Waals surface area contributed by atoms with Crippen LogP contribution in [-0.2, 0) is 0 Å². The van der Waals surface area contributed by atoms with Gasteiger partial charge in [-0.1, -0.05) is 23.7 Å². The molecule has 3 nitrogen and oxygen atoms in total. The standard InChI is InChI=1S/C10H9ClN3/c11-9-4-1-3-8(7-9)10(12)14-6-2-5-13-14/h1-3,5-7,10H,12H2. The molecule has 1 atom stereocenters. The molecule has 0 bridgehead atoms. The van der Waals surface area contributed by atoms with E-state index in [9.17, 15) is 0 Å². The van der Waals surface area contributed by atoms with Gasteiger partial charge in [0, 0.05) is 23.5 Å². The third-order valence-corrected chi connectivity index (χ3v) is 2.16. The van der Waals surface area contributed by atoms with E-state index in [1.54, 1.807) is 23.0 Å². The number of benzene rings is 1. The number of rotatable bonds is 2. The van der Waals surface area contributed by atoms with Crippen LogP contribution in [0.2, 0.25) is 5.02 Å². The van der Waals surface area contributed by atoms with E-state index in [0.717, 1.165) is 5.56 Å². The number of hydrogen-bond donors (Lipinski definition) is 1. The molecule has 0 amide bonds. The Bertz CT molecular complexity index is 411. The fraction of sp³-hybridized carbons (Fsp3) is 0.100. The summed E-state index contributed by atoms with van der Waals surface area (Å²) in [6.07, 6.45) is 3.21. The summed E-state index contributed by atoms with van der Waals surface area (Å²) in [6.45, 7) is 0. The maximum atomic E-state index is 5.96. The Hall–Kier alpha value is -1.32. The molecule has 0 aliphatic carbocycles. The predicted octanol–water partition coefficient (Wildman–Crippen LogP) is 1.84. The molecule has 4 heteroatoms. The molecule has 2 N–H and O–H groups in total. The van der Waals surface area contributed by atoms with Gasteiger partial charge in [-0.15, -0.1) is 0 Å². The van der Waals surface area contributed by atoms with E-state index < -0.39 is 0 Å². The first-order chi connectivity index (χ1) is 6.77. The highest BCUT2D eigenvalue weighted by molar-refractivity contribution is 6.30. The molecule has 1 heterocycles. The van der Waals surface area contributed by atoms with Gasteiger partial charge in [-0.05, 0) is 17.7 Å². The van der Waals surface area contributed by atoms with E-state index in [1.165, 1.54) is 0 Å². The third-order valence-electron chi connectivity index (χ3n) is 1.94. The van der Waals surface area contributed by atoms with Crippen LogP contribution in [0.4, 0.5) is 0 Å². The molecule has 0 spiro atoms. The molecule has 1 aromatic carbocycles. The van der Waals surface area contributed by atoms with Crippen LogP contribution in [0.5, 0.6) is 0 Å². The van der Waals surface area contributed by atoms with E-state index >= 15 is 0 Å². The van der Waals surface area contributed by atoms with Gasteiger partial charge in [0.1, 0.15) is 6.17 Å². The van der Waals surface area contributed by atoms with Gasteiger partial charge in [-0.25, -0.2) is 0 Å². The summed E-state index contributed by atoms with van der Waals surface area (Å²) >= 11 is 5.81. The van der Waals surface area contributed by atoms with Gasteiger partial charge in [-0.3, -0.25) is 4.68 Å². The molecular formula is C10H9ClN3. The second-order valence-corrected chi connectivity index (χ2v) is 3.31.